The molecule has 0 heterocycles. The first-order valence-corrected chi connectivity index (χ1v) is 5.79. The van der Waals surface area contributed by atoms with Crippen LogP contribution in [0.3, 0.4) is 0 Å². The van der Waals surface area contributed by atoms with E-state index in [9.17, 15) is 8.42 Å². The summed E-state index contributed by atoms with van der Waals surface area (Å²) in [7, 11) is -3.03. The van der Waals surface area contributed by atoms with Crippen molar-refractivity contribution in [3.8, 4) is 0 Å². The zero-order chi connectivity index (χ0) is 9.83. The van der Waals surface area contributed by atoms with Crippen molar-refractivity contribution >= 4 is 10.0 Å². The maximum absolute atomic E-state index is 10.6. The first-order chi connectivity index (χ1) is 5.21. The van der Waals surface area contributed by atoms with Crippen LogP contribution in [0.15, 0.2) is 0 Å². The molecule has 0 fully saturated rings. The van der Waals surface area contributed by atoms with E-state index in [0.717, 1.165) is 6.26 Å². The number of hydrogen-bond acceptors (Lipinski definition) is 3. The third kappa shape index (κ3) is 9.87. The number of nitrogens with one attached hydrogen (secondary N) is 2. The standard InChI is InChI=1S/C7H18N2O2S/c1-7(2,3)8-5-6-9-12(4,10)11/h8-9H,5-6H2,1-4H3. The molecule has 74 valence electrons. The molecule has 0 aliphatic carbocycles. The zero-order valence-electron chi connectivity index (χ0n) is 8.14. The minimum Gasteiger partial charge on any atom is -0.311 e. The Morgan fingerprint density at radius 3 is 2.00 bits per heavy atom. The monoisotopic (exact) mass is 194 g/mol. The largest absolute Gasteiger partial charge is 0.311 e. The maximum atomic E-state index is 10.6. The lowest BCUT2D eigenvalue weighted by atomic mass is 10.1. The summed E-state index contributed by atoms with van der Waals surface area (Å²) in [6, 6.07) is 0. The molecule has 0 unspecified atom stereocenters. The topological polar surface area (TPSA) is 58.2 Å². The smallest absolute Gasteiger partial charge is 0.208 e. The van der Waals surface area contributed by atoms with E-state index in [1.807, 2.05) is 20.8 Å². The van der Waals surface area contributed by atoms with Gasteiger partial charge in [-0.3, -0.25) is 0 Å². The molecule has 0 radical (unpaired) electrons. The van der Waals surface area contributed by atoms with E-state index < -0.39 is 10.0 Å². The predicted molar refractivity (Wildman–Crippen MR) is 50.6 cm³/mol. The summed E-state index contributed by atoms with van der Waals surface area (Å²) in [6.07, 6.45) is 1.16. The van der Waals surface area contributed by atoms with Gasteiger partial charge in [-0.05, 0) is 20.8 Å². The molecule has 0 aromatic heterocycles. The van der Waals surface area contributed by atoms with Gasteiger partial charge < -0.3 is 5.32 Å². The van der Waals surface area contributed by atoms with Gasteiger partial charge in [0.2, 0.25) is 10.0 Å². The molecule has 12 heavy (non-hydrogen) atoms. The first kappa shape index (κ1) is 11.9. The molecular weight excluding hydrogens is 176 g/mol. The van der Waals surface area contributed by atoms with Crippen molar-refractivity contribution in [3.05, 3.63) is 0 Å². The quantitative estimate of drug-likeness (QED) is 0.616. The Labute approximate surface area is 74.8 Å². The van der Waals surface area contributed by atoms with E-state index in [1.54, 1.807) is 0 Å². The molecule has 0 aromatic rings. The molecule has 4 nitrogen and oxygen atoms in total. The SMILES string of the molecule is CC(C)(C)NCCNS(C)(=O)=O. The first-order valence-electron chi connectivity index (χ1n) is 3.90. The van der Waals surface area contributed by atoms with E-state index in [1.165, 1.54) is 0 Å². The number of hydrogen-bond donors (Lipinski definition) is 2. The minimum atomic E-state index is -3.03. The predicted octanol–water partition coefficient (Wildman–Crippen LogP) is -0.0763. The van der Waals surface area contributed by atoms with E-state index >= 15 is 0 Å². The molecule has 0 aromatic carbocycles. The normalized spacial score (nSPS) is 13.3. The summed E-state index contributed by atoms with van der Waals surface area (Å²) in [5.74, 6) is 0. The van der Waals surface area contributed by atoms with Gasteiger partial charge in [0.15, 0.2) is 0 Å². The molecule has 5 heteroatoms. The summed E-state index contributed by atoms with van der Waals surface area (Å²) in [5.41, 5.74) is 0.0409. The Morgan fingerprint density at radius 2 is 1.67 bits per heavy atom. The van der Waals surface area contributed by atoms with E-state index in [4.69, 9.17) is 0 Å². The van der Waals surface area contributed by atoms with Gasteiger partial charge in [-0.1, -0.05) is 0 Å². The fraction of sp³-hybridized carbons (Fsp3) is 1.00. The Hall–Kier alpha value is -0.130. The molecule has 0 aliphatic rings. The van der Waals surface area contributed by atoms with Crippen molar-refractivity contribution in [2.24, 2.45) is 0 Å². The molecular formula is C7H18N2O2S. The third-order valence-corrected chi connectivity index (χ3v) is 1.87. The van der Waals surface area contributed by atoms with Crippen LogP contribution in [0.25, 0.3) is 0 Å². The summed E-state index contributed by atoms with van der Waals surface area (Å²) < 4.78 is 23.6. The molecule has 2 N–H and O–H groups in total. The van der Waals surface area contributed by atoms with Crippen LogP contribution < -0.4 is 10.0 Å². The highest BCUT2D eigenvalue weighted by atomic mass is 32.2. The van der Waals surface area contributed by atoms with E-state index in [0.29, 0.717) is 13.1 Å². The summed E-state index contributed by atoms with van der Waals surface area (Å²) >= 11 is 0. The fourth-order valence-electron chi connectivity index (χ4n) is 0.674. The Bertz CT molecular complexity index is 216. The van der Waals surface area contributed by atoms with Crippen LogP contribution in [0, 0.1) is 0 Å². The van der Waals surface area contributed by atoms with Gasteiger partial charge in [-0.25, -0.2) is 13.1 Å². The Kier molecular flexibility index (Phi) is 4.16. The minimum absolute atomic E-state index is 0.0409. The molecule has 0 rings (SSSR count). The van der Waals surface area contributed by atoms with Gasteiger partial charge in [0.05, 0.1) is 6.26 Å². The van der Waals surface area contributed by atoms with Crippen molar-refractivity contribution in [3.63, 3.8) is 0 Å². The van der Waals surface area contributed by atoms with Crippen molar-refractivity contribution in [1.82, 2.24) is 10.0 Å². The molecule has 0 atom stereocenters. The fourth-order valence-corrected chi connectivity index (χ4v) is 1.15. The lowest BCUT2D eigenvalue weighted by molar-refractivity contribution is 0.428. The van der Waals surface area contributed by atoms with E-state index in [2.05, 4.69) is 10.0 Å². The van der Waals surface area contributed by atoms with Crippen molar-refractivity contribution in [2.45, 2.75) is 26.3 Å². The molecule has 0 aliphatic heterocycles. The number of rotatable bonds is 4. The van der Waals surface area contributed by atoms with E-state index in [-0.39, 0.29) is 5.54 Å². The lowest BCUT2D eigenvalue weighted by Gasteiger charge is -2.20. The van der Waals surface area contributed by atoms with Crippen molar-refractivity contribution in [1.29, 1.82) is 0 Å². The molecule has 0 spiro atoms. The second kappa shape index (κ2) is 4.20. The average Bonchev–Trinajstić information content (AvgIpc) is 1.76. The van der Waals surface area contributed by atoms with Crippen LogP contribution in [-0.2, 0) is 10.0 Å². The van der Waals surface area contributed by atoms with Gasteiger partial charge in [0.25, 0.3) is 0 Å². The highest BCUT2D eigenvalue weighted by Gasteiger charge is 2.07. The number of sulfonamides is 1. The molecule has 0 saturated carbocycles. The van der Waals surface area contributed by atoms with Gasteiger partial charge >= 0.3 is 0 Å². The molecule has 0 saturated heterocycles. The lowest BCUT2D eigenvalue weighted by Crippen LogP contribution is -2.41. The highest BCUT2D eigenvalue weighted by molar-refractivity contribution is 7.88. The second-order valence-electron chi connectivity index (χ2n) is 3.84. The van der Waals surface area contributed by atoms with Crippen LogP contribution >= 0.6 is 0 Å². The van der Waals surface area contributed by atoms with Crippen LogP contribution in [-0.4, -0.2) is 33.3 Å². The van der Waals surface area contributed by atoms with Crippen molar-refractivity contribution in [2.75, 3.05) is 19.3 Å². The molecule has 0 bridgehead atoms. The highest BCUT2D eigenvalue weighted by Crippen LogP contribution is 1.96. The van der Waals surface area contributed by atoms with Gasteiger partial charge in [-0.15, -0.1) is 0 Å². The molecule has 0 amide bonds. The maximum Gasteiger partial charge on any atom is 0.208 e. The average molecular weight is 194 g/mol. The van der Waals surface area contributed by atoms with Crippen LogP contribution in [0.5, 0.6) is 0 Å². The summed E-state index contributed by atoms with van der Waals surface area (Å²) in [6.45, 7) is 7.20. The van der Waals surface area contributed by atoms with Crippen LogP contribution in [0.1, 0.15) is 20.8 Å². The second-order valence-corrected chi connectivity index (χ2v) is 5.68. The van der Waals surface area contributed by atoms with Gasteiger partial charge in [0, 0.05) is 18.6 Å². The third-order valence-electron chi connectivity index (χ3n) is 1.14. The summed E-state index contributed by atoms with van der Waals surface area (Å²) in [5, 5.41) is 3.17. The van der Waals surface area contributed by atoms with Gasteiger partial charge in [0.1, 0.15) is 0 Å². The summed E-state index contributed by atoms with van der Waals surface area (Å²) in [4.78, 5) is 0. The van der Waals surface area contributed by atoms with Crippen molar-refractivity contribution < 1.29 is 8.42 Å². The zero-order valence-corrected chi connectivity index (χ0v) is 8.96. The Morgan fingerprint density at radius 1 is 1.17 bits per heavy atom. The van der Waals surface area contributed by atoms with Crippen LogP contribution in [0.4, 0.5) is 0 Å². The van der Waals surface area contributed by atoms with Crippen LogP contribution in [0.2, 0.25) is 0 Å². The van der Waals surface area contributed by atoms with Gasteiger partial charge in [-0.2, -0.15) is 0 Å². The Balaban J connectivity index is 3.48.